The van der Waals surface area contributed by atoms with E-state index in [0.29, 0.717) is 5.88 Å². The van der Waals surface area contributed by atoms with E-state index in [1.54, 1.807) is 12.4 Å². The molecule has 1 atom stereocenters. The van der Waals surface area contributed by atoms with Crippen molar-refractivity contribution in [2.75, 3.05) is 11.2 Å². The number of hydrogen-bond acceptors (Lipinski definition) is 2. The van der Waals surface area contributed by atoms with Gasteiger partial charge >= 0.3 is 0 Å². The topological polar surface area (TPSA) is 24.9 Å². The van der Waals surface area contributed by atoms with Gasteiger partial charge in [-0.15, -0.1) is 11.6 Å². The molecule has 0 aliphatic heterocycles. The predicted molar refractivity (Wildman–Crippen MR) is 75.5 cm³/mol. The molecule has 0 saturated heterocycles. The Kier molecular flexibility index (Phi) is 4.40. The van der Waals surface area contributed by atoms with Crippen LogP contribution in [0.15, 0.2) is 53.3 Å². The van der Waals surface area contributed by atoms with Crippen LogP contribution in [0.4, 0.5) is 5.69 Å². The summed E-state index contributed by atoms with van der Waals surface area (Å²) in [5.41, 5.74) is 2.17. The van der Waals surface area contributed by atoms with Gasteiger partial charge in [0.15, 0.2) is 0 Å². The molecule has 0 amide bonds. The lowest BCUT2D eigenvalue weighted by Crippen LogP contribution is -2.12. The van der Waals surface area contributed by atoms with Crippen molar-refractivity contribution in [3.8, 4) is 0 Å². The summed E-state index contributed by atoms with van der Waals surface area (Å²) in [5.74, 6) is 0.513. The SMILES string of the molecule is ClCC(Nc1ccncc1Br)c1ccccc1. The Morgan fingerprint density at radius 2 is 2.00 bits per heavy atom. The van der Waals surface area contributed by atoms with E-state index in [0.717, 1.165) is 10.2 Å². The van der Waals surface area contributed by atoms with Gasteiger partial charge in [0.05, 0.1) is 16.2 Å². The highest BCUT2D eigenvalue weighted by Crippen LogP contribution is 2.26. The van der Waals surface area contributed by atoms with Crippen LogP contribution in [0.5, 0.6) is 0 Å². The molecule has 0 saturated carbocycles. The Labute approximate surface area is 114 Å². The van der Waals surface area contributed by atoms with Crippen molar-refractivity contribution in [1.29, 1.82) is 0 Å². The molecule has 0 aliphatic rings. The number of alkyl halides is 1. The number of nitrogens with zero attached hydrogens (tertiary/aromatic N) is 1. The van der Waals surface area contributed by atoms with Crippen molar-refractivity contribution in [1.82, 2.24) is 4.98 Å². The number of halogens is 2. The Balaban J connectivity index is 2.19. The molecule has 0 bridgehead atoms. The molecule has 0 fully saturated rings. The van der Waals surface area contributed by atoms with Crippen molar-refractivity contribution in [3.63, 3.8) is 0 Å². The van der Waals surface area contributed by atoms with E-state index in [-0.39, 0.29) is 6.04 Å². The Morgan fingerprint density at radius 1 is 1.24 bits per heavy atom. The van der Waals surface area contributed by atoms with E-state index in [2.05, 4.69) is 38.4 Å². The molecule has 0 spiro atoms. The minimum absolute atomic E-state index is 0.0940. The minimum atomic E-state index is 0.0940. The Bertz CT molecular complexity index is 476. The molecule has 88 valence electrons. The van der Waals surface area contributed by atoms with Crippen LogP contribution in [0.25, 0.3) is 0 Å². The average Bonchev–Trinajstić information content (AvgIpc) is 2.39. The molecule has 1 unspecified atom stereocenters. The van der Waals surface area contributed by atoms with Gasteiger partial charge in [-0.2, -0.15) is 0 Å². The quantitative estimate of drug-likeness (QED) is 0.854. The zero-order valence-corrected chi connectivity index (χ0v) is 11.4. The second kappa shape index (κ2) is 6.03. The van der Waals surface area contributed by atoms with Crippen LogP contribution in [0, 0.1) is 0 Å². The van der Waals surface area contributed by atoms with Crippen LogP contribution in [0.2, 0.25) is 0 Å². The summed E-state index contributed by atoms with van der Waals surface area (Å²) in [5, 5.41) is 3.39. The van der Waals surface area contributed by atoms with E-state index in [4.69, 9.17) is 11.6 Å². The molecule has 1 N–H and O–H groups in total. The summed E-state index contributed by atoms with van der Waals surface area (Å²) in [6, 6.07) is 12.2. The number of nitrogens with one attached hydrogen (secondary N) is 1. The summed E-state index contributed by atoms with van der Waals surface area (Å²) in [6.07, 6.45) is 3.52. The summed E-state index contributed by atoms with van der Waals surface area (Å²) in [4.78, 5) is 4.03. The van der Waals surface area contributed by atoms with Crippen LogP contribution in [0.1, 0.15) is 11.6 Å². The second-order valence-corrected chi connectivity index (χ2v) is 4.78. The maximum Gasteiger partial charge on any atom is 0.0649 e. The predicted octanol–water partition coefficient (Wildman–Crippen LogP) is 4.24. The molecule has 17 heavy (non-hydrogen) atoms. The maximum atomic E-state index is 6.01. The smallest absolute Gasteiger partial charge is 0.0649 e. The average molecular weight is 312 g/mol. The van der Waals surface area contributed by atoms with Gasteiger partial charge in [0, 0.05) is 18.3 Å². The number of pyridine rings is 1. The van der Waals surface area contributed by atoms with Crippen LogP contribution in [-0.4, -0.2) is 10.9 Å². The van der Waals surface area contributed by atoms with Crippen molar-refractivity contribution in [3.05, 3.63) is 58.8 Å². The van der Waals surface area contributed by atoms with Crippen LogP contribution < -0.4 is 5.32 Å². The third kappa shape index (κ3) is 3.20. The van der Waals surface area contributed by atoms with E-state index < -0.39 is 0 Å². The summed E-state index contributed by atoms with van der Waals surface area (Å²) in [7, 11) is 0. The van der Waals surface area contributed by atoms with E-state index in [1.165, 1.54) is 5.56 Å². The molecule has 1 aromatic carbocycles. The number of anilines is 1. The Morgan fingerprint density at radius 3 is 2.65 bits per heavy atom. The van der Waals surface area contributed by atoms with Crippen molar-refractivity contribution in [2.45, 2.75) is 6.04 Å². The zero-order chi connectivity index (χ0) is 12.1. The Hall–Kier alpha value is -1.06. The molecule has 2 nitrogen and oxygen atoms in total. The molecular weight excluding hydrogens is 300 g/mol. The third-order valence-corrected chi connectivity index (χ3v) is 3.40. The van der Waals surface area contributed by atoms with Gasteiger partial charge < -0.3 is 5.32 Å². The van der Waals surface area contributed by atoms with Crippen LogP contribution in [0.3, 0.4) is 0 Å². The number of hydrogen-bond donors (Lipinski definition) is 1. The van der Waals surface area contributed by atoms with Crippen LogP contribution in [-0.2, 0) is 0 Å². The van der Waals surface area contributed by atoms with Gasteiger partial charge in [0.2, 0.25) is 0 Å². The first-order valence-corrected chi connectivity index (χ1v) is 6.61. The van der Waals surface area contributed by atoms with Gasteiger partial charge in [-0.1, -0.05) is 30.3 Å². The monoisotopic (exact) mass is 310 g/mol. The molecule has 4 heteroatoms. The highest BCUT2D eigenvalue weighted by atomic mass is 79.9. The number of aromatic nitrogens is 1. The molecule has 1 aromatic heterocycles. The molecule has 2 rings (SSSR count). The second-order valence-electron chi connectivity index (χ2n) is 3.62. The zero-order valence-electron chi connectivity index (χ0n) is 9.11. The van der Waals surface area contributed by atoms with Gasteiger partial charge in [-0.25, -0.2) is 0 Å². The molecule has 0 aliphatic carbocycles. The normalized spacial score (nSPS) is 12.1. The largest absolute Gasteiger partial charge is 0.376 e. The first-order valence-electron chi connectivity index (χ1n) is 5.28. The number of rotatable bonds is 4. The van der Waals surface area contributed by atoms with Gasteiger partial charge in [-0.05, 0) is 27.6 Å². The lowest BCUT2D eigenvalue weighted by atomic mass is 10.1. The molecule has 1 heterocycles. The van der Waals surface area contributed by atoms with E-state index in [9.17, 15) is 0 Å². The highest BCUT2D eigenvalue weighted by molar-refractivity contribution is 9.10. The van der Waals surface area contributed by atoms with Gasteiger partial charge in [0.1, 0.15) is 0 Å². The van der Waals surface area contributed by atoms with Gasteiger partial charge in [0.25, 0.3) is 0 Å². The first kappa shape index (κ1) is 12.4. The van der Waals surface area contributed by atoms with Crippen molar-refractivity contribution >= 4 is 33.2 Å². The van der Waals surface area contributed by atoms with E-state index in [1.807, 2.05) is 24.3 Å². The molecule has 0 radical (unpaired) electrons. The maximum absolute atomic E-state index is 6.01. The third-order valence-electron chi connectivity index (χ3n) is 2.46. The highest BCUT2D eigenvalue weighted by Gasteiger charge is 2.10. The fraction of sp³-hybridized carbons (Fsp3) is 0.154. The van der Waals surface area contributed by atoms with Gasteiger partial charge in [-0.3, -0.25) is 4.98 Å². The van der Waals surface area contributed by atoms with Crippen molar-refractivity contribution < 1.29 is 0 Å². The lowest BCUT2D eigenvalue weighted by Gasteiger charge is -2.18. The summed E-state index contributed by atoms with van der Waals surface area (Å²) < 4.78 is 0.936. The van der Waals surface area contributed by atoms with Crippen molar-refractivity contribution in [2.24, 2.45) is 0 Å². The van der Waals surface area contributed by atoms with E-state index >= 15 is 0 Å². The summed E-state index contributed by atoms with van der Waals surface area (Å²) >= 11 is 9.47. The summed E-state index contributed by atoms with van der Waals surface area (Å²) in [6.45, 7) is 0. The molecular formula is C13H12BrClN2. The fourth-order valence-electron chi connectivity index (χ4n) is 1.58. The van der Waals surface area contributed by atoms with Crippen LogP contribution >= 0.6 is 27.5 Å². The number of benzene rings is 1. The standard InChI is InChI=1S/C13H12BrClN2/c14-11-9-16-7-6-12(11)17-13(8-15)10-4-2-1-3-5-10/h1-7,9,13H,8H2,(H,16,17). The lowest BCUT2D eigenvalue weighted by molar-refractivity contribution is 0.891. The first-order chi connectivity index (χ1) is 8.31. The minimum Gasteiger partial charge on any atom is -0.376 e. The fourth-order valence-corrected chi connectivity index (χ4v) is 2.20. The molecule has 2 aromatic rings.